The SMILES string of the molecule is CC(C)c1c[nH]c(=S)n1-c1ccc(OC(F)F)cc1. The first-order valence-corrected chi connectivity index (χ1v) is 6.25. The predicted octanol–water partition coefficient (Wildman–Crippen LogP) is 4.26. The number of hydrogen-bond donors (Lipinski definition) is 1. The van der Waals surface area contributed by atoms with Crippen molar-refractivity contribution in [2.45, 2.75) is 26.4 Å². The van der Waals surface area contributed by atoms with Gasteiger partial charge in [0.25, 0.3) is 0 Å². The zero-order chi connectivity index (χ0) is 14.0. The average molecular weight is 284 g/mol. The molecule has 0 radical (unpaired) electrons. The minimum atomic E-state index is -2.81. The molecular weight excluding hydrogens is 270 g/mol. The van der Waals surface area contributed by atoms with Crippen LogP contribution < -0.4 is 4.74 Å². The van der Waals surface area contributed by atoms with E-state index in [1.54, 1.807) is 12.1 Å². The van der Waals surface area contributed by atoms with Crippen molar-refractivity contribution in [2.75, 3.05) is 0 Å². The van der Waals surface area contributed by atoms with Crippen LogP contribution in [0.1, 0.15) is 25.5 Å². The second-order valence-corrected chi connectivity index (χ2v) is 4.77. The van der Waals surface area contributed by atoms with Crippen molar-refractivity contribution in [3.05, 3.63) is 40.9 Å². The second kappa shape index (κ2) is 5.52. The van der Waals surface area contributed by atoms with Gasteiger partial charge in [-0.3, -0.25) is 4.57 Å². The largest absolute Gasteiger partial charge is 0.435 e. The topological polar surface area (TPSA) is 29.9 Å². The molecule has 2 aromatic rings. The molecule has 0 amide bonds. The number of H-pyrrole nitrogens is 1. The highest BCUT2D eigenvalue weighted by molar-refractivity contribution is 7.71. The quantitative estimate of drug-likeness (QED) is 0.850. The summed E-state index contributed by atoms with van der Waals surface area (Å²) in [7, 11) is 0. The summed E-state index contributed by atoms with van der Waals surface area (Å²) in [4.78, 5) is 2.99. The first kappa shape index (κ1) is 13.7. The van der Waals surface area contributed by atoms with Crippen molar-refractivity contribution >= 4 is 12.2 Å². The molecule has 1 aromatic carbocycles. The van der Waals surface area contributed by atoms with Crippen molar-refractivity contribution in [2.24, 2.45) is 0 Å². The highest BCUT2D eigenvalue weighted by Gasteiger charge is 2.10. The molecule has 0 spiro atoms. The highest BCUT2D eigenvalue weighted by Crippen LogP contribution is 2.22. The molecule has 19 heavy (non-hydrogen) atoms. The number of nitrogens with one attached hydrogen (secondary N) is 1. The third-order valence-electron chi connectivity index (χ3n) is 2.72. The number of hydrogen-bond acceptors (Lipinski definition) is 2. The Morgan fingerprint density at radius 2 is 1.84 bits per heavy atom. The molecule has 0 bridgehead atoms. The van der Waals surface area contributed by atoms with Gasteiger partial charge in [0.2, 0.25) is 0 Å². The molecule has 0 atom stereocenters. The standard InChI is InChI=1S/C13H14F2N2OS/c1-8(2)11-7-16-13(19)17(11)9-3-5-10(6-4-9)18-12(14)15/h3-8,12H,1-2H3,(H,16,19). The zero-order valence-corrected chi connectivity index (χ0v) is 11.4. The Kier molecular flexibility index (Phi) is 3.99. The van der Waals surface area contributed by atoms with E-state index in [0.29, 0.717) is 10.7 Å². The van der Waals surface area contributed by atoms with E-state index in [0.717, 1.165) is 11.4 Å². The average Bonchev–Trinajstić information content (AvgIpc) is 2.71. The van der Waals surface area contributed by atoms with E-state index < -0.39 is 6.61 Å². The van der Waals surface area contributed by atoms with Gasteiger partial charge in [-0.25, -0.2) is 0 Å². The minimum Gasteiger partial charge on any atom is -0.435 e. The molecule has 102 valence electrons. The van der Waals surface area contributed by atoms with Crippen LogP contribution in [-0.4, -0.2) is 16.2 Å². The normalized spacial score (nSPS) is 11.3. The number of rotatable bonds is 4. The Morgan fingerprint density at radius 3 is 2.37 bits per heavy atom. The molecule has 0 fully saturated rings. The first-order chi connectivity index (χ1) is 8.99. The third-order valence-corrected chi connectivity index (χ3v) is 3.02. The van der Waals surface area contributed by atoms with Crippen LogP contribution in [-0.2, 0) is 0 Å². The van der Waals surface area contributed by atoms with Crippen molar-refractivity contribution in [3.8, 4) is 11.4 Å². The maximum Gasteiger partial charge on any atom is 0.387 e. The number of aromatic nitrogens is 2. The van der Waals surface area contributed by atoms with E-state index in [9.17, 15) is 8.78 Å². The lowest BCUT2D eigenvalue weighted by Gasteiger charge is -2.11. The smallest absolute Gasteiger partial charge is 0.387 e. The number of imidazole rings is 1. The van der Waals surface area contributed by atoms with Crippen molar-refractivity contribution in [3.63, 3.8) is 0 Å². The summed E-state index contributed by atoms with van der Waals surface area (Å²) in [6.45, 7) is 1.30. The van der Waals surface area contributed by atoms with Crippen molar-refractivity contribution in [1.29, 1.82) is 0 Å². The van der Waals surface area contributed by atoms with Gasteiger partial charge in [0, 0.05) is 17.6 Å². The molecule has 6 heteroatoms. The molecule has 0 saturated carbocycles. The zero-order valence-electron chi connectivity index (χ0n) is 10.6. The first-order valence-electron chi connectivity index (χ1n) is 5.84. The van der Waals surface area contributed by atoms with Gasteiger partial charge in [0.1, 0.15) is 5.75 Å². The van der Waals surface area contributed by atoms with Gasteiger partial charge in [0.05, 0.1) is 0 Å². The number of aromatic amines is 1. The van der Waals surface area contributed by atoms with Crippen LogP contribution >= 0.6 is 12.2 Å². The van der Waals surface area contributed by atoms with Crippen LogP contribution in [0, 0.1) is 4.77 Å². The van der Waals surface area contributed by atoms with Gasteiger partial charge in [0.15, 0.2) is 4.77 Å². The van der Waals surface area contributed by atoms with E-state index in [-0.39, 0.29) is 5.75 Å². The lowest BCUT2D eigenvalue weighted by atomic mass is 10.1. The fourth-order valence-corrected chi connectivity index (χ4v) is 2.12. The maximum atomic E-state index is 12.1. The molecule has 1 aromatic heterocycles. The van der Waals surface area contributed by atoms with E-state index in [1.165, 1.54) is 12.1 Å². The summed E-state index contributed by atoms with van der Waals surface area (Å²) >= 11 is 5.23. The number of alkyl halides is 2. The summed E-state index contributed by atoms with van der Waals surface area (Å²) < 4.78 is 30.9. The molecule has 0 aliphatic rings. The van der Waals surface area contributed by atoms with E-state index in [4.69, 9.17) is 12.2 Å². The monoisotopic (exact) mass is 284 g/mol. The summed E-state index contributed by atoms with van der Waals surface area (Å²) in [5.41, 5.74) is 1.85. The fourth-order valence-electron chi connectivity index (χ4n) is 1.85. The van der Waals surface area contributed by atoms with Gasteiger partial charge >= 0.3 is 6.61 Å². The lowest BCUT2D eigenvalue weighted by molar-refractivity contribution is -0.0498. The lowest BCUT2D eigenvalue weighted by Crippen LogP contribution is -2.04. The Hall–Kier alpha value is -1.69. The second-order valence-electron chi connectivity index (χ2n) is 4.38. The van der Waals surface area contributed by atoms with Crippen LogP contribution in [0.4, 0.5) is 8.78 Å². The summed E-state index contributed by atoms with van der Waals surface area (Å²) in [6, 6.07) is 6.40. The summed E-state index contributed by atoms with van der Waals surface area (Å²) in [5.74, 6) is 0.428. The maximum absolute atomic E-state index is 12.1. The van der Waals surface area contributed by atoms with Gasteiger partial charge in [-0.1, -0.05) is 13.8 Å². The Morgan fingerprint density at radius 1 is 1.21 bits per heavy atom. The molecule has 0 unspecified atom stereocenters. The Balaban J connectivity index is 2.37. The van der Waals surface area contributed by atoms with Gasteiger partial charge in [-0.15, -0.1) is 0 Å². The molecule has 0 aliphatic carbocycles. The van der Waals surface area contributed by atoms with E-state index >= 15 is 0 Å². The molecule has 2 rings (SSSR count). The summed E-state index contributed by atoms with van der Waals surface area (Å²) in [5, 5.41) is 0. The van der Waals surface area contributed by atoms with E-state index in [1.807, 2.05) is 10.8 Å². The molecule has 1 heterocycles. The van der Waals surface area contributed by atoms with Crippen LogP contribution in [0.15, 0.2) is 30.5 Å². The number of halogens is 2. The third kappa shape index (κ3) is 3.01. The van der Waals surface area contributed by atoms with Crippen LogP contribution in [0.3, 0.4) is 0 Å². The van der Waals surface area contributed by atoms with Gasteiger partial charge < -0.3 is 9.72 Å². The predicted molar refractivity (Wildman–Crippen MR) is 71.7 cm³/mol. The van der Waals surface area contributed by atoms with Gasteiger partial charge in [-0.05, 0) is 42.4 Å². The van der Waals surface area contributed by atoms with Crippen LogP contribution in [0.2, 0.25) is 0 Å². The molecule has 3 nitrogen and oxygen atoms in total. The fraction of sp³-hybridized carbons (Fsp3) is 0.308. The van der Waals surface area contributed by atoms with Crippen LogP contribution in [0.5, 0.6) is 5.75 Å². The van der Waals surface area contributed by atoms with Crippen molar-refractivity contribution < 1.29 is 13.5 Å². The molecular formula is C13H14F2N2OS. The molecule has 1 N–H and O–H groups in total. The molecule has 0 aliphatic heterocycles. The Bertz CT molecular complexity index is 602. The number of benzene rings is 1. The number of ether oxygens (including phenoxy) is 1. The Labute approximate surface area is 114 Å². The van der Waals surface area contributed by atoms with Crippen molar-refractivity contribution in [1.82, 2.24) is 9.55 Å². The number of nitrogens with zero attached hydrogens (tertiary/aromatic N) is 1. The summed E-state index contributed by atoms with van der Waals surface area (Å²) in [6.07, 6.45) is 1.86. The van der Waals surface area contributed by atoms with Crippen LogP contribution in [0.25, 0.3) is 5.69 Å². The highest BCUT2D eigenvalue weighted by atomic mass is 32.1. The minimum absolute atomic E-state index is 0.131. The molecule has 0 saturated heterocycles. The van der Waals surface area contributed by atoms with Gasteiger partial charge in [-0.2, -0.15) is 8.78 Å². The van der Waals surface area contributed by atoms with E-state index in [2.05, 4.69) is 23.6 Å².